The lowest BCUT2D eigenvalue weighted by Gasteiger charge is -2.03. The first-order valence-electron chi connectivity index (χ1n) is 3.95. The van der Waals surface area contributed by atoms with E-state index in [0.717, 1.165) is 5.69 Å². The van der Waals surface area contributed by atoms with Crippen molar-refractivity contribution in [2.75, 3.05) is 18.1 Å². The largest absolute Gasteiger partial charge is 0.472 e. The van der Waals surface area contributed by atoms with Gasteiger partial charge in [-0.2, -0.15) is 0 Å². The molecule has 4 nitrogen and oxygen atoms in total. The Kier molecular flexibility index (Phi) is 2.97. The zero-order valence-electron chi connectivity index (χ0n) is 7.66. The molecule has 0 bridgehead atoms. The average Bonchev–Trinajstić information content (AvgIpc) is 2.15. The monoisotopic (exact) mass is 190 g/mol. The van der Waals surface area contributed by atoms with Crippen molar-refractivity contribution in [2.24, 2.45) is 0 Å². The van der Waals surface area contributed by atoms with E-state index < -0.39 is 5.97 Å². The molecule has 0 amide bonds. The number of nitrogens with two attached hydrogens (primary N) is 1. The Morgan fingerprint density at radius 1 is 1.57 bits per heavy atom. The zero-order valence-corrected chi connectivity index (χ0v) is 7.66. The highest BCUT2D eigenvalue weighted by Gasteiger charge is 1.96. The van der Waals surface area contributed by atoms with Gasteiger partial charge in [-0.25, -0.2) is 4.79 Å². The molecule has 0 aromatic heterocycles. The third-order valence-electron chi connectivity index (χ3n) is 1.63. The summed E-state index contributed by atoms with van der Waals surface area (Å²) in [6, 6.07) is 5.08. The molecule has 0 atom stereocenters. The van der Waals surface area contributed by atoms with Crippen LogP contribution < -0.4 is 11.1 Å². The van der Waals surface area contributed by atoms with E-state index >= 15 is 0 Å². The Balaban J connectivity index is 2.99. The van der Waals surface area contributed by atoms with Crippen LogP contribution in [0.5, 0.6) is 0 Å². The van der Waals surface area contributed by atoms with Gasteiger partial charge in [0.25, 0.3) is 0 Å². The van der Waals surface area contributed by atoms with Crippen molar-refractivity contribution in [1.29, 1.82) is 0 Å². The van der Waals surface area contributed by atoms with Crippen LogP contribution >= 0.6 is 0 Å². The molecule has 0 aliphatic rings. The van der Waals surface area contributed by atoms with E-state index in [-0.39, 0.29) is 0 Å². The topological polar surface area (TPSA) is 75.3 Å². The first-order valence-corrected chi connectivity index (χ1v) is 3.95. The Bertz CT molecular complexity index is 416. The number of aliphatic carboxylic acids is 1. The van der Waals surface area contributed by atoms with Gasteiger partial charge in [-0.1, -0.05) is 5.92 Å². The van der Waals surface area contributed by atoms with Gasteiger partial charge >= 0.3 is 5.97 Å². The van der Waals surface area contributed by atoms with Crippen molar-refractivity contribution in [2.45, 2.75) is 0 Å². The Morgan fingerprint density at radius 3 is 2.79 bits per heavy atom. The fourth-order valence-electron chi connectivity index (χ4n) is 0.994. The van der Waals surface area contributed by atoms with Gasteiger partial charge in [-0.3, -0.25) is 0 Å². The SMILES string of the molecule is CNc1ccc(C#CC(=O)O)cc1N. The second-order valence-corrected chi connectivity index (χ2v) is 2.61. The molecule has 4 heteroatoms. The minimum absolute atomic E-state index is 0.546. The molecule has 4 N–H and O–H groups in total. The molecule has 14 heavy (non-hydrogen) atoms. The van der Waals surface area contributed by atoms with Crippen LogP contribution in [0, 0.1) is 11.8 Å². The van der Waals surface area contributed by atoms with E-state index in [2.05, 4.69) is 11.2 Å². The van der Waals surface area contributed by atoms with E-state index in [4.69, 9.17) is 10.8 Å². The van der Waals surface area contributed by atoms with Gasteiger partial charge < -0.3 is 16.2 Å². The van der Waals surface area contributed by atoms with E-state index in [1.54, 1.807) is 25.2 Å². The first kappa shape index (κ1) is 9.93. The Labute approximate surface area is 81.7 Å². The Morgan fingerprint density at radius 2 is 2.29 bits per heavy atom. The third-order valence-corrected chi connectivity index (χ3v) is 1.63. The lowest BCUT2D eigenvalue weighted by atomic mass is 10.2. The summed E-state index contributed by atoms with van der Waals surface area (Å²) in [5.74, 6) is 3.34. The molecule has 0 aliphatic carbocycles. The van der Waals surface area contributed by atoms with E-state index in [1.165, 1.54) is 0 Å². The minimum Gasteiger partial charge on any atom is -0.472 e. The van der Waals surface area contributed by atoms with Crippen molar-refractivity contribution in [3.63, 3.8) is 0 Å². The van der Waals surface area contributed by atoms with Crippen molar-refractivity contribution >= 4 is 17.3 Å². The molecule has 0 spiro atoms. The maximum absolute atomic E-state index is 10.2. The van der Waals surface area contributed by atoms with Gasteiger partial charge in [0.15, 0.2) is 0 Å². The maximum atomic E-state index is 10.2. The molecule has 72 valence electrons. The molecule has 0 heterocycles. The molecule has 0 aliphatic heterocycles. The molecule has 1 aromatic carbocycles. The first-order chi connectivity index (χ1) is 6.63. The summed E-state index contributed by atoms with van der Waals surface area (Å²) in [5.41, 5.74) is 7.59. The Hall–Kier alpha value is -2.15. The predicted octanol–water partition coefficient (Wildman–Crippen LogP) is 0.747. The average molecular weight is 190 g/mol. The number of benzene rings is 1. The van der Waals surface area contributed by atoms with Gasteiger partial charge in [-0.05, 0) is 18.2 Å². The van der Waals surface area contributed by atoms with Crippen molar-refractivity contribution in [3.8, 4) is 11.8 Å². The van der Waals surface area contributed by atoms with Gasteiger partial charge in [-0.15, -0.1) is 0 Å². The summed E-state index contributed by atoms with van der Waals surface area (Å²) in [7, 11) is 1.76. The van der Waals surface area contributed by atoms with Crippen molar-refractivity contribution < 1.29 is 9.90 Å². The van der Waals surface area contributed by atoms with Gasteiger partial charge in [0.05, 0.1) is 11.4 Å². The summed E-state index contributed by atoms with van der Waals surface area (Å²) in [4.78, 5) is 10.2. The highest BCUT2D eigenvalue weighted by molar-refractivity contribution is 5.87. The van der Waals surface area contributed by atoms with E-state index in [1.807, 2.05) is 5.92 Å². The molecular weight excluding hydrogens is 180 g/mol. The molecule has 1 aromatic rings. The number of rotatable bonds is 1. The van der Waals surface area contributed by atoms with Crippen LogP contribution in [0.4, 0.5) is 11.4 Å². The molecule has 0 saturated carbocycles. The predicted molar refractivity (Wildman–Crippen MR) is 54.9 cm³/mol. The quantitative estimate of drug-likeness (QED) is 0.451. The molecule has 1 rings (SSSR count). The van der Waals surface area contributed by atoms with Crippen molar-refractivity contribution in [1.82, 2.24) is 0 Å². The summed E-state index contributed by atoms with van der Waals surface area (Å²) < 4.78 is 0. The lowest BCUT2D eigenvalue weighted by molar-refractivity contribution is -0.130. The van der Waals surface area contributed by atoms with Crippen molar-refractivity contribution in [3.05, 3.63) is 23.8 Å². The normalized spacial score (nSPS) is 8.64. The molecular formula is C10H10N2O2. The fraction of sp³-hybridized carbons (Fsp3) is 0.100. The zero-order chi connectivity index (χ0) is 10.6. The van der Waals surface area contributed by atoms with Crippen LogP contribution in [-0.4, -0.2) is 18.1 Å². The number of hydrogen-bond acceptors (Lipinski definition) is 3. The summed E-state index contributed by atoms with van der Waals surface area (Å²) in [6.07, 6.45) is 0. The van der Waals surface area contributed by atoms with Crippen LogP contribution in [0.1, 0.15) is 5.56 Å². The molecule has 0 fully saturated rings. The van der Waals surface area contributed by atoms with E-state index in [9.17, 15) is 4.79 Å². The van der Waals surface area contributed by atoms with Crippen LogP contribution in [0.15, 0.2) is 18.2 Å². The van der Waals surface area contributed by atoms with E-state index in [0.29, 0.717) is 11.3 Å². The van der Waals surface area contributed by atoms with Gasteiger partial charge in [0, 0.05) is 18.5 Å². The smallest absolute Gasteiger partial charge is 0.382 e. The van der Waals surface area contributed by atoms with Gasteiger partial charge in [0.2, 0.25) is 0 Å². The number of nitrogens with one attached hydrogen (secondary N) is 1. The van der Waals surface area contributed by atoms with Crippen LogP contribution in [0.25, 0.3) is 0 Å². The standard InChI is InChI=1S/C10H10N2O2/c1-12-9-4-2-7(6-8(9)11)3-5-10(13)14/h2,4,6,12H,11H2,1H3,(H,13,14). The number of hydrogen-bond donors (Lipinski definition) is 3. The number of anilines is 2. The van der Waals surface area contributed by atoms with Crippen LogP contribution in [0.2, 0.25) is 0 Å². The maximum Gasteiger partial charge on any atom is 0.382 e. The second kappa shape index (κ2) is 4.19. The highest BCUT2D eigenvalue weighted by atomic mass is 16.4. The number of carboxylic acid groups (broad SMARTS) is 1. The lowest BCUT2D eigenvalue weighted by Crippen LogP contribution is -1.95. The molecule has 0 saturated heterocycles. The fourth-order valence-corrected chi connectivity index (χ4v) is 0.994. The van der Waals surface area contributed by atoms with Crippen LogP contribution in [0.3, 0.4) is 0 Å². The summed E-state index contributed by atoms with van der Waals surface area (Å²) >= 11 is 0. The van der Waals surface area contributed by atoms with Gasteiger partial charge in [0.1, 0.15) is 0 Å². The minimum atomic E-state index is -1.15. The molecule has 0 unspecified atom stereocenters. The number of carbonyl (C=O) groups is 1. The highest BCUT2D eigenvalue weighted by Crippen LogP contribution is 2.18. The summed E-state index contributed by atoms with van der Waals surface area (Å²) in [5, 5.41) is 11.2. The third kappa shape index (κ3) is 2.42. The van der Waals surface area contributed by atoms with Crippen LogP contribution in [-0.2, 0) is 4.79 Å². The number of nitrogen functional groups attached to an aromatic ring is 1. The summed E-state index contributed by atoms with van der Waals surface area (Å²) in [6.45, 7) is 0. The number of carboxylic acids is 1. The second-order valence-electron chi connectivity index (χ2n) is 2.61. The molecule has 0 radical (unpaired) electrons.